The number of nitrogens with zero attached hydrogens (tertiary/aromatic N) is 1. The highest BCUT2D eigenvalue weighted by Gasteiger charge is 2.26. The molecule has 3 heteroatoms. The number of hydrogen-bond acceptors (Lipinski definition) is 2. The molecule has 1 fully saturated rings. The van der Waals surface area contributed by atoms with Crippen LogP contribution < -0.4 is 0 Å². The first-order valence-corrected chi connectivity index (χ1v) is 7.44. The van der Waals surface area contributed by atoms with Crippen molar-refractivity contribution in [2.24, 2.45) is 0 Å². The molecule has 0 spiro atoms. The number of hydrogen-bond donors (Lipinski definition) is 1. The Morgan fingerprint density at radius 3 is 2.70 bits per heavy atom. The van der Waals surface area contributed by atoms with Gasteiger partial charge in [0, 0.05) is 13.1 Å². The molecule has 0 aliphatic carbocycles. The van der Waals surface area contributed by atoms with Crippen LogP contribution >= 0.6 is 0 Å². The van der Waals surface area contributed by atoms with Crippen molar-refractivity contribution in [1.29, 1.82) is 0 Å². The zero-order valence-electron chi connectivity index (χ0n) is 12.8. The summed E-state index contributed by atoms with van der Waals surface area (Å²) in [5, 5.41) is 10.1. The van der Waals surface area contributed by atoms with Crippen molar-refractivity contribution in [2.45, 2.75) is 52.1 Å². The summed E-state index contributed by atoms with van der Waals surface area (Å²) in [5.41, 5.74) is 2.95. The Hall–Kier alpha value is -1.35. The molecule has 1 amide bonds. The second kappa shape index (κ2) is 5.96. The number of rotatable bonds is 2. The van der Waals surface area contributed by atoms with Crippen molar-refractivity contribution in [3.05, 3.63) is 34.9 Å². The number of benzene rings is 1. The molecule has 20 heavy (non-hydrogen) atoms. The second-order valence-electron chi connectivity index (χ2n) is 6.33. The lowest BCUT2D eigenvalue weighted by Gasteiger charge is -2.22. The Morgan fingerprint density at radius 2 is 2.00 bits per heavy atom. The van der Waals surface area contributed by atoms with E-state index in [9.17, 15) is 9.90 Å². The van der Waals surface area contributed by atoms with E-state index in [0.717, 1.165) is 24.9 Å². The molecule has 1 aliphatic heterocycles. The second-order valence-corrected chi connectivity index (χ2v) is 6.33. The van der Waals surface area contributed by atoms with Crippen LogP contribution in [0.5, 0.6) is 0 Å². The fourth-order valence-corrected chi connectivity index (χ4v) is 2.71. The lowest BCUT2D eigenvalue weighted by atomic mass is 9.98. The van der Waals surface area contributed by atoms with E-state index in [1.807, 2.05) is 17.9 Å². The molecule has 1 atom stereocenters. The Balaban J connectivity index is 1.99. The fraction of sp³-hybridized carbons (Fsp3) is 0.588. The average molecular weight is 275 g/mol. The first-order valence-electron chi connectivity index (χ1n) is 7.44. The normalized spacial score (nSPS) is 23.5. The number of amides is 1. The van der Waals surface area contributed by atoms with Crippen LogP contribution in [0.2, 0.25) is 0 Å². The molecular formula is C17H25NO2. The van der Waals surface area contributed by atoms with Crippen LogP contribution in [0.25, 0.3) is 0 Å². The maximum atomic E-state index is 12.4. The SMILES string of the molecule is Cc1ccc(CC(=O)N2CCCC(C)(O)CC2)cc1C. The summed E-state index contributed by atoms with van der Waals surface area (Å²) in [4.78, 5) is 14.3. The van der Waals surface area contributed by atoms with Crippen molar-refractivity contribution < 1.29 is 9.90 Å². The Kier molecular flexibility index (Phi) is 4.48. The monoisotopic (exact) mass is 275 g/mol. The molecule has 110 valence electrons. The molecule has 0 bridgehead atoms. The van der Waals surface area contributed by atoms with Crippen molar-refractivity contribution in [3.8, 4) is 0 Å². The molecule has 1 saturated heterocycles. The van der Waals surface area contributed by atoms with Gasteiger partial charge >= 0.3 is 0 Å². The molecule has 0 saturated carbocycles. The van der Waals surface area contributed by atoms with Crippen molar-refractivity contribution >= 4 is 5.91 Å². The van der Waals surface area contributed by atoms with Gasteiger partial charge in [-0.3, -0.25) is 4.79 Å². The van der Waals surface area contributed by atoms with E-state index in [1.165, 1.54) is 11.1 Å². The van der Waals surface area contributed by atoms with Crippen LogP contribution in [0.4, 0.5) is 0 Å². The van der Waals surface area contributed by atoms with E-state index in [4.69, 9.17) is 0 Å². The summed E-state index contributed by atoms with van der Waals surface area (Å²) in [7, 11) is 0. The Bertz CT molecular complexity index is 494. The van der Waals surface area contributed by atoms with Gasteiger partial charge in [-0.2, -0.15) is 0 Å². The molecule has 1 N–H and O–H groups in total. The third kappa shape index (κ3) is 3.83. The standard InChI is InChI=1S/C17H25NO2/c1-13-5-6-15(11-14(13)2)12-16(19)18-9-4-7-17(3,20)8-10-18/h5-6,11,20H,4,7-10,12H2,1-3H3. The van der Waals surface area contributed by atoms with Crippen molar-refractivity contribution in [3.63, 3.8) is 0 Å². The molecule has 1 aliphatic rings. The maximum Gasteiger partial charge on any atom is 0.226 e. The van der Waals surface area contributed by atoms with E-state index in [0.29, 0.717) is 19.4 Å². The van der Waals surface area contributed by atoms with Crippen LogP contribution in [0.15, 0.2) is 18.2 Å². The average Bonchev–Trinajstić information content (AvgIpc) is 2.55. The molecule has 1 unspecified atom stereocenters. The van der Waals surface area contributed by atoms with Gasteiger partial charge in [0.1, 0.15) is 0 Å². The summed E-state index contributed by atoms with van der Waals surface area (Å²) in [5.74, 6) is 0.172. The predicted octanol–water partition coefficient (Wildman–Crippen LogP) is 2.61. The summed E-state index contributed by atoms with van der Waals surface area (Å²) in [6, 6.07) is 6.21. The zero-order chi connectivity index (χ0) is 14.8. The van der Waals surface area contributed by atoms with Gasteiger partial charge in [0.05, 0.1) is 12.0 Å². The third-order valence-corrected chi connectivity index (χ3v) is 4.34. The molecule has 1 aromatic rings. The molecule has 1 aromatic carbocycles. The summed E-state index contributed by atoms with van der Waals surface area (Å²) >= 11 is 0. The minimum absolute atomic E-state index is 0.172. The summed E-state index contributed by atoms with van der Waals surface area (Å²) in [6.07, 6.45) is 2.79. The van der Waals surface area contributed by atoms with Gasteiger partial charge < -0.3 is 10.0 Å². The van der Waals surface area contributed by atoms with Gasteiger partial charge in [0.2, 0.25) is 5.91 Å². The molecular weight excluding hydrogens is 250 g/mol. The minimum atomic E-state index is -0.616. The predicted molar refractivity (Wildman–Crippen MR) is 80.7 cm³/mol. The number of aliphatic hydroxyl groups is 1. The van der Waals surface area contributed by atoms with E-state index < -0.39 is 5.60 Å². The molecule has 2 rings (SSSR count). The van der Waals surface area contributed by atoms with Crippen LogP contribution in [0.3, 0.4) is 0 Å². The summed E-state index contributed by atoms with van der Waals surface area (Å²) in [6.45, 7) is 7.45. The Labute approximate surface area is 121 Å². The third-order valence-electron chi connectivity index (χ3n) is 4.34. The van der Waals surface area contributed by atoms with E-state index >= 15 is 0 Å². The van der Waals surface area contributed by atoms with Gasteiger partial charge in [-0.05, 0) is 56.7 Å². The van der Waals surface area contributed by atoms with Crippen molar-refractivity contribution in [2.75, 3.05) is 13.1 Å². The lowest BCUT2D eigenvalue weighted by molar-refractivity contribution is -0.130. The topological polar surface area (TPSA) is 40.5 Å². The van der Waals surface area contributed by atoms with Gasteiger partial charge in [-0.15, -0.1) is 0 Å². The molecule has 0 radical (unpaired) electrons. The highest BCUT2D eigenvalue weighted by Crippen LogP contribution is 2.22. The van der Waals surface area contributed by atoms with E-state index in [2.05, 4.69) is 26.0 Å². The summed E-state index contributed by atoms with van der Waals surface area (Å²) < 4.78 is 0. The highest BCUT2D eigenvalue weighted by atomic mass is 16.3. The van der Waals surface area contributed by atoms with E-state index in [1.54, 1.807) is 0 Å². The highest BCUT2D eigenvalue weighted by molar-refractivity contribution is 5.78. The van der Waals surface area contributed by atoms with Gasteiger partial charge in [0.25, 0.3) is 0 Å². The minimum Gasteiger partial charge on any atom is -0.390 e. The quantitative estimate of drug-likeness (QED) is 0.901. The van der Waals surface area contributed by atoms with E-state index in [-0.39, 0.29) is 5.91 Å². The smallest absolute Gasteiger partial charge is 0.226 e. The fourth-order valence-electron chi connectivity index (χ4n) is 2.71. The van der Waals surface area contributed by atoms with Crippen LogP contribution in [0, 0.1) is 13.8 Å². The van der Waals surface area contributed by atoms with Gasteiger partial charge in [-0.25, -0.2) is 0 Å². The van der Waals surface area contributed by atoms with Crippen LogP contribution in [-0.4, -0.2) is 34.6 Å². The Morgan fingerprint density at radius 1 is 1.25 bits per heavy atom. The van der Waals surface area contributed by atoms with Gasteiger partial charge in [0.15, 0.2) is 0 Å². The number of likely N-dealkylation sites (tertiary alicyclic amines) is 1. The zero-order valence-corrected chi connectivity index (χ0v) is 12.8. The number of aryl methyl sites for hydroxylation is 2. The first kappa shape index (κ1) is 15.0. The van der Waals surface area contributed by atoms with Crippen molar-refractivity contribution in [1.82, 2.24) is 4.90 Å². The van der Waals surface area contributed by atoms with Gasteiger partial charge in [-0.1, -0.05) is 18.2 Å². The maximum absolute atomic E-state index is 12.4. The molecule has 1 heterocycles. The number of carbonyl (C=O) groups excluding carboxylic acids is 1. The first-order chi connectivity index (χ1) is 9.37. The van der Waals surface area contributed by atoms with Crippen LogP contribution in [0.1, 0.15) is 42.9 Å². The number of carbonyl (C=O) groups is 1. The molecule has 0 aromatic heterocycles. The lowest BCUT2D eigenvalue weighted by Crippen LogP contribution is -2.34. The molecule has 3 nitrogen and oxygen atoms in total. The largest absolute Gasteiger partial charge is 0.390 e. The van der Waals surface area contributed by atoms with Crippen LogP contribution in [-0.2, 0) is 11.2 Å².